The van der Waals surface area contributed by atoms with Crippen molar-refractivity contribution in [3.05, 3.63) is 35.7 Å². The first-order chi connectivity index (χ1) is 10.8. The van der Waals surface area contributed by atoms with E-state index in [1.165, 1.54) is 0 Å². The molecule has 0 radical (unpaired) electrons. The molecule has 0 spiro atoms. The lowest BCUT2D eigenvalue weighted by atomic mass is 10.1. The number of benzene rings is 1. The third-order valence-corrected chi connectivity index (χ3v) is 4.02. The maximum atomic E-state index is 10.8. The van der Waals surface area contributed by atoms with Gasteiger partial charge in [-0.1, -0.05) is 30.3 Å². The molecule has 6 nitrogen and oxygen atoms in total. The molecule has 1 aromatic heterocycles. The standard InChI is InChI=1S/C16H20N4O2/c1-2-19-6-8-20(9-7-19)11-15-17-16(18-22-15)14-5-3-4-13(10-14)12-21/h3-5,10,12H,2,6-9,11H2,1H3. The Labute approximate surface area is 129 Å². The predicted octanol–water partition coefficient (Wildman–Crippen LogP) is 1.69. The number of aldehydes is 1. The summed E-state index contributed by atoms with van der Waals surface area (Å²) in [4.78, 5) is 20.0. The minimum Gasteiger partial charge on any atom is -0.338 e. The number of rotatable bonds is 5. The number of hydrogen-bond acceptors (Lipinski definition) is 6. The van der Waals surface area contributed by atoms with E-state index in [1.807, 2.05) is 12.1 Å². The van der Waals surface area contributed by atoms with E-state index in [-0.39, 0.29) is 0 Å². The number of likely N-dealkylation sites (N-methyl/N-ethyl adjacent to an activating group) is 1. The number of aromatic nitrogens is 2. The van der Waals surface area contributed by atoms with Crippen LogP contribution in [-0.2, 0) is 6.54 Å². The summed E-state index contributed by atoms with van der Waals surface area (Å²) in [7, 11) is 0. The van der Waals surface area contributed by atoms with E-state index in [0.29, 0.717) is 23.8 Å². The highest BCUT2D eigenvalue weighted by atomic mass is 16.5. The first-order valence-corrected chi connectivity index (χ1v) is 7.61. The summed E-state index contributed by atoms with van der Waals surface area (Å²) >= 11 is 0. The Balaban J connectivity index is 1.65. The zero-order chi connectivity index (χ0) is 15.4. The first kappa shape index (κ1) is 14.9. The van der Waals surface area contributed by atoms with Crippen LogP contribution in [-0.4, -0.2) is 59.0 Å². The highest BCUT2D eigenvalue weighted by molar-refractivity contribution is 5.77. The monoisotopic (exact) mass is 300 g/mol. The van der Waals surface area contributed by atoms with Crippen molar-refractivity contribution in [1.29, 1.82) is 0 Å². The molecule has 6 heteroatoms. The van der Waals surface area contributed by atoms with Gasteiger partial charge >= 0.3 is 0 Å². The lowest BCUT2D eigenvalue weighted by Gasteiger charge is -2.33. The van der Waals surface area contributed by atoms with Crippen LogP contribution in [0, 0.1) is 0 Å². The second kappa shape index (κ2) is 6.81. The highest BCUT2D eigenvalue weighted by Crippen LogP contribution is 2.17. The number of piperazine rings is 1. The van der Waals surface area contributed by atoms with Crippen LogP contribution in [0.4, 0.5) is 0 Å². The quantitative estimate of drug-likeness (QED) is 0.783. The molecule has 1 aliphatic heterocycles. The lowest BCUT2D eigenvalue weighted by Crippen LogP contribution is -2.45. The Bertz CT molecular complexity index is 633. The molecule has 22 heavy (non-hydrogen) atoms. The molecule has 0 atom stereocenters. The first-order valence-electron chi connectivity index (χ1n) is 7.61. The molecule has 3 rings (SSSR count). The van der Waals surface area contributed by atoms with Gasteiger partial charge in [0.2, 0.25) is 11.7 Å². The Morgan fingerprint density at radius 1 is 1.23 bits per heavy atom. The summed E-state index contributed by atoms with van der Waals surface area (Å²) in [6, 6.07) is 7.22. The molecule has 1 aliphatic rings. The van der Waals surface area contributed by atoms with Crippen molar-refractivity contribution in [2.45, 2.75) is 13.5 Å². The summed E-state index contributed by atoms with van der Waals surface area (Å²) in [5.74, 6) is 1.15. The number of carbonyl (C=O) groups excluding carboxylic acids is 1. The maximum absolute atomic E-state index is 10.8. The molecule has 1 saturated heterocycles. The number of hydrogen-bond donors (Lipinski definition) is 0. The van der Waals surface area contributed by atoms with Crippen LogP contribution >= 0.6 is 0 Å². The average molecular weight is 300 g/mol. The summed E-state index contributed by atoms with van der Waals surface area (Å²) in [6.07, 6.45) is 0.817. The molecule has 1 fully saturated rings. The topological polar surface area (TPSA) is 62.5 Å². The van der Waals surface area contributed by atoms with Crippen LogP contribution in [0.25, 0.3) is 11.4 Å². The summed E-state index contributed by atoms with van der Waals surface area (Å²) in [5, 5.41) is 4.02. The Kier molecular flexibility index (Phi) is 4.60. The number of carbonyl (C=O) groups is 1. The maximum Gasteiger partial charge on any atom is 0.241 e. The Morgan fingerprint density at radius 2 is 2.00 bits per heavy atom. The van der Waals surface area contributed by atoms with Crippen molar-refractivity contribution in [2.75, 3.05) is 32.7 Å². The Hall–Kier alpha value is -2.05. The molecular formula is C16H20N4O2. The lowest BCUT2D eigenvalue weighted by molar-refractivity contribution is 0.112. The van der Waals surface area contributed by atoms with E-state index in [9.17, 15) is 4.79 Å². The van der Waals surface area contributed by atoms with Gasteiger partial charge in [-0.15, -0.1) is 0 Å². The molecular weight excluding hydrogens is 280 g/mol. The highest BCUT2D eigenvalue weighted by Gasteiger charge is 2.18. The molecule has 1 aromatic carbocycles. The van der Waals surface area contributed by atoms with Crippen molar-refractivity contribution in [2.24, 2.45) is 0 Å². The van der Waals surface area contributed by atoms with Crippen LogP contribution < -0.4 is 0 Å². The predicted molar refractivity (Wildman–Crippen MR) is 82.5 cm³/mol. The molecule has 0 amide bonds. The van der Waals surface area contributed by atoms with Gasteiger partial charge in [-0.25, -0.2) is 0 Å². The van der Waals surface area contributed by atoms with Crippen LogP contribution in [0.1, 0.15) is 23.2 Å². The molecule has 0 bridgehead atoms. The SMILES string of the molecule is CCN1CCN(Cc2nc(-c3cccc(C=O)c3)no2)CC1. The normalized spacial score (nSPS) is 16.8. The fourth-order valence-corrected chi connectivity index (χ4v) is 2.64. The molecule has 0 unspecified atom stereocenters. The van der Waals surface area contributed by atoms with Crippen LogP contribution in [0.3, 0.4) is 0 Å². The van der Waals surface area contributed by atoms with Crippen molar-refractivity contribution in [3.63, 3.8) is 0 Å². The van der Waals surface area contributed by atoms with E-state index >= 15 is 0 Å². The van der Waals surface area contributed by atoms with E-state index in [4.69, 9.17) is 4.52 Å². The van der Waals surface area contributed by atoms with Gasteiger partial charge in [0.25, 0.3) is 0 Å². The second-order valence-corrected chi connectivity index (χ2v) is 5.47. The van der Waals surface area contributed by atoms with Crippen molar-refractivity contribution in [1.82, 2.24) is 19.9 Å². The van der Waals surface area contributed by atoms with Crippen molar-refractivity contribution >= 4 is 6.29 Å². The van der Waals surface area contributed by atoms with E-state index < -0.39 is 0 Å². The number of nitrogens with zero attached hydrogens (tertiary/aromatic N) is 4. The van der Waals surface area contributed by atoms with Gasteiger partial charge in [-0.3, -0.25) is 9.69 Å². The van der Waals surface area contributed by atoms with Gasteiger partial charge < -0.3 is 9.42 Å². The van der Waals surface area contributed by atoms with E-state index in [2.05, 4.69) is 26.9 Å². The second-order valence-electron chi connectivity index (χ2n) is 5.47. The van der Waals surface area contributed by atoms with Gasteiger partial charge in [0.05, 0.1) is 6.54 Å². The molecule has 0 aliphatic carbocycles. The average Bonchev–Trinajstić information content (AvgIpc) is 3.04. The van der Waals surface area contributed by atoms with E-state index in [1.54, 1.807) is 12.1 Å². The van der Waals surface area contributed by atoms with Gasteiger partial charge in [-0.05, 0) is 12.6 Å². The van der Waals surface area contributed by atoms with Crippen LogP contribution in [0.2, 0.25) is 0 Å². The molecule has 0 saturated carbocycles. The third-order valence-electron chi connectivity index (χ3n) is 4.02. The van der Waals surface area contributed by atoms with Crippen molar-refractivity contribution in [3.8, 4) is 11.4 Å². The largest absolute Gasteiger partial charge is 0.338 e. The molecule has 116 valence electrons. The van der Waals surface area contributed by atoms with Gasteiger partial charge in [0.1, 0.15) is 6.29 Å². The van der Waals surface area contributed by atoms with Gasteiger partial charge in [-0.2, -0.15) is 4.98 Å². The summed E-state index contributed by atoms with van der Waals surface area (Å²) < 4.78 is 5.34. The Morgan fingerprint density at radius 3 is 2.73 bits per heavy atom. The molecule has 0 N–H and O–H groups in total. The zero-order valence-electron chi connectivity index (χ0n) is 12.7. The molecule has 2 aromatic rings. The molecule has 2 heterocycles. The third kappa shape index (κ3) is 3.40. The van der Waals surface area contributed by atoms with Crippen LogP contribution in [0.15, 0.2) is 28.8 Å². The zero-order valence-corrected chi connectivity index (χ0v) is 12.7. The fraction of sp³-hybridized carbons (Fsp3) is 0.438. The van der Waals surface area contributed by atoms with Crippen molar-refractivity contribution < 1.29 is 9.32 Å². The minimum atomic E-state index is 0.533. The van der Waals surface area contributed by atoms with Gasteiger partial charge in [0.15, 0.2) is 0 Å². The van der Waals surface area contributed by atoms with E-state index in [0.717, 1.165) is 44.6 Å². The minimum absolute atomic E-state index is 0.533. The van der Waals surface area contributed by atoms with Crippen LogP contribution in [0.5, 0.6) is 0 Å². The summed E-state index contributed by atoms with van der Waals surface area (Å²) in [5.41, 5.74) is 1.41. The summed E-state index contributed by atoms with van der Waals surface area (Å²) in [6.45, 7) is 8.17. The fourth-order valence-electron chi connectivity index (χ4n) is 2.64. The van der Waals surface area contributed by atoms with Gasteiger partial charge in [0, 0.05) is 37.3 Å². The smallest absolute Gasteiger partial charge is 0.241 e.